The predicted molar refractivity (Wildman–Crippen MR) is 87.5 cm³/mol. The van der Waals surface area contributed by atoms with Crippen LogP contribution in [0.15, 0.2) is 52.3 Å². The van der Waals surface area contributed by atoms with Crippen molar-refractivity contribution >= 4 is 31.5 Å². The third kappa shape index (κ3) is 3.29. The van der Waals surface area contributed by atoms with Crippen LogP contribution in [0.5, 0.6) is 0 Å². The fraction of sp³-hybridized carbons (Fsp3) is 0.200. The van der Waals surface area contributed by atoms with E-state index >= 15 is 0 Å². The number of hydrogen-bond acceptors (Lipinski definition) is 4. The Hall–Kier alpha value is -1.55. The van der Waals surface area contributed by atoms with Crippen LogP contribution in [0.4, 0.5) is 8.78 Å². The summed E-state index contributed by atoms with van der Waals surface area (Å²) in [5, 5.41) is -1.26. The Bertz CT molecular complexity index is 1020. The van der Waals surface area contributed by atoms with Crippen molar-refractivity contribution in [3.63, 3.8) is 0 Å². The Kier molecular flexibility index (Phi) is 4.61. The summed E-state index contributed by atoms with van der Waals surface area (Å²) >= 11 is 5.60. The first-order valence-corrected chi connectivity index (χ1v) is 10.4. The van der Waals surface area contributed by atoms with Crippen molar-refractivity contribution in [2.45, 2.75) is 15.0 Å². The van der Waals surface area contributed by atoms with Crippen molar-refractivity contribution in [2.75, 3.05) is 13.1 Å². The van der Waals surface area contributed by atoms with Crippen molar-refractivity contribution in [3.05, 3.63) is 59.1 Å². The second kappa shape index (κ2) is 6.31. The monoisotopic (exact) mass is 407 g/mol. The van der Waals surface area contributed by atoms with Crippen LogP contribution in [-0.4, -0.2) is 39.5 Å². The zero-order valence-corrected chi connectivity index (χ0v) is 15.0. The average molecular weight is 408 g/mol. The highest BCUT2D eigenvalue weighted by atomic mass is 35.5. The molecule has 0 bridgehead atoms. The van der Waals surface area contributed by atoms with Gasteiger partial charge in [-0.2, -0.15) is 4.31 Å². The summed E-state index contributed by atoms with van der Waals surface area (Å²) in [7, 11) is -7.73. The summed E-state index contributed by atoms with van der Waals surface area (Å²) < 4.78 is 76.8. The highest BCUT2D eigenvalue weighted by Gasteiger charge is 2.44. The Labute approximate surface area is 148 Å². The molecule has 1 aliphatic rings. The molecule has 0 spiro atoms. The Morgan fingerprint density at radius 2 is 1.48 bits per heavy atom. The van der Waals surface area contributed by atoms with Crippen LogP contribution in [0.1, 0.15) is 0 Å². The van der Waals surface area contributed by atoms with Gasteiger partial charge in [0.15, 0.2) is 9.84 Å². The molecule has 0 aliphatic carbocycles. The maximum atomic E-state index is 13.2. The van der Waals surface area contributed by atoms with Gasteiger partial charge >= 0.3 is 0 Å². The first-order chi connectivity index (χ1) is 11.6. The van der Waals surface area contributed by atoms with E-state index in [0.29, 0.717) is 0 Å². The Morgan fingerprint density at radius 3 is 2.04 bits per heavy atom. The van der Waals surface area contributed by atoms with Gasteiger partial charge in [-0.15, -0.1) is 0 Å². The van der Waals surface area contributed by atoms with E-state index in [9.17, 15) is 25.6 Å². The highest BCUT2D eigenvalue weighted by molar-refractivity contribution is 7.92. The first-order valence-electron chi connectivity index (χ1n) is 7.07. The second-order valence-corrected chi connectivity index (χ2v) is 10.1. The maximum Gasteiger partial charge on any atom is 0.243 e. The molecule has 5 nitrogen and oxygen atoms in total. The molecule has 0 saturated carbocycles. The van der Waals surface area contributed by atoms with Gasteiger partial charge in [-0.3, -0.25) is 0 Å². The summed E-state index contributed by atoms with van der Waals surface area (Å²) in [6.07, 6.45) is 0. The van der Waals surface area contributed by atoms with E-state index in [1.54, 1.807) is 0 Å². The molecule has 0 aromatic heterocycles. The van der Waals surface area contributed by atoms with Gasteiger partial charge in [-0.25, -0.2) is 25.6 Å². The van der Waals surface area contributed by atoms with E-state index in [1.807, 2.05) is 0 Å². The Morgan fingerprint density at radius 1 is 0.920 bits per heavy atom. The third-order valence-corrected chi connectivity index (χ3v) is 8.15. The number of rotatable bonds is 4. The SMILES string of the molecule is O=S(=O)(c1ccc(F)cc1)C1CN(S(=O)(=O)c2ccc(F)c(Cl)c2)C1. The number of benzene rings is 2. The van der Waals surface area contributed by atoms with E-state index in [0.717, 1.165) is 46.8 Å². The van der Waals surface area contributed by atoms with E-state index in [4.69, 9.17) is 11.6 Å². The summed E-state index contributed by atoms with van der Waals surface area (Å²) in [4.78, 5) is -0.280. The fourth-order valence-electron chi connectivity index (χ4n) is 2.40. The van der Waals surface area contributed by atoms with Gasteiger partial charge in [0.2, 0.25) is 10.0 Å². The molecule has 0 atom stereocenters. The van der Waals surface area contributed by atoms with E-state index < -0.39 is 36.7 Å². The van der Waals surface area contributed by atoms with Crippen molar-refractivity contribution in [3.8, 4) is 0 Å². The van der Waals surface area contributed by atoms with Gasteiger partial charge in [-0.05, 0) is 42.5 Å². The topological polar surface area (TPSA) is 71.5 Å². The number of hydrogen-bond donors (Lipinski definition) is 0. The predicted octanol–water partition coefficient (Wildman–Crippen LogP) is 2.47. The third-order valence-electron chi connectivity index (χ3n) is 3.92. The van der Waals surface area contributed by atoms with Crippen LogP contribution in [-0.2, 0) is 19.9 Å². The molecule has 1 aliphatic heterocycles. The number of halogens is 3. The Balaban J connectivity index is 1.79. The summed E-state index contributed by atoms with van der Waals surface area (Å²) in [5.41, 5.74) is 0. The van der Waals surface area contributed by atoms with Crippen LogP contribution >= 0.6 is 11.6 Å². The molecule has 2 aromatic rings. The molecule has 1 fully saturated rings. The molecule has 0 unspecified atom stereocenters. The van der Waals surface area contributed by atoms with E-state index in [2.05, 4.69) is 0 Å². The molecular formula is C15H12ClF2NO4S2. The van der Waals surface area contributed by atoms with Crippen LogP contribution in [0.25, 0.3) is 0 Å². The molecule has 3 rings (SSSR count). The molecule has 1 saturated heterocycles. The minimum atomic E-state index is -3.97. The lowest BCUT2D eigenvalue weighted by Crippen LogP contribution is -2.56. The van der Waals surface area contributed by atoms with Crippen molar-refractivity contribution < 1.29 is 25.6 Å². The molecule has 0 radical (unpaired) electrons. The van der Waals surface area contributed by atoms with Crippen LogP contribution in [0.3, 0.4) is 0 Å². The van der Waals surface area contributed by atoms with Crippen LogP contribution in [0.2, 0.25) is 5.02 Å². The molecule has 2 aromatic carbocycles. The lowest BCUT2D eigenvalue weighted by Gasteiger charge is -2.37. The molecule has 0 amide bonds. The van der Waals surface area contributed by atoms with E-state index in [-0.39, 0.29) is 27.9 Å². The van der Waals surface area contributed by atoms with Crippen molar-refractivity contribution in [1.82, 2.24) is 4.31 Å². The summed E-state index contributed by atoms with van der Waals surface area (Å²) in [6, 6.07) is 7.32. The number of nitrogens with zero attached hydrogens (tertiary/aromatic N) is 1. The van der Waals surface area contributed by atoms with Crippen LogP contribution in [0, 0.1) is 11.6 Å². The average Bonchev–Trinajstić information content (AvgIpc) is 2.48. The molecule has 134 valence electrons. The largest absolute Gasteiger partial charge is 0.243 e. The summed E-state index contributed by atoms with van der Waals surface area (Å²) in [5.74, 6) is -1.31. The zero-order chi connectivity index (χ0) is 18.4. The quantitative estimate of drug-likeness (QED) is 0.730. The van der Waals surface area contributed by atoms with Gasteiger partial charge in [0.25, 0.3) is 0 Å². The maximum absolute atomic E-state index is 13.2. The molecule has 10 heteroatoms. The van der Waals surface area contributed by atoms with Gasteiger partial charge in [0, 0.05) is 13.1 Å². The second-order valence-electron chi connectivity index (χ2n) is 5.52. The molecule has 0 N–H and O–H groups in total. The number of sulfone groups is 1. The smallest absolute Gasteiger partial charge is 0.223 e. The van der Waals surface area contributed by atoms with Crippen molar-refractivity contribution in [1.29, 1.82) is 0 Å². The van der Waals surface area contributed by atoms with Gasteiger partial charge < -0.3 is 0 Å². The highest BCUT2D eigenvalue weighted by Crippen LogP contribution is 2.30. The van der Waals surface area contributed by atoms with Crippen LogP contribution < -0.4 is 0 Å². The first kappa shape index (κ1) is 18.2. The molecule has 25 heavy (non-hydrogen) atoms. The van der Waals surface area contributed by atoms with E-state index in [1.165, 1.54) is 0 Å². The minimum Gasteiger partial charge on any atom is -0.223 e. The molecular weight excluding hydrogens is 396 g/mol. The normalized spacial score (nSPS) is 16.6. The summed E-state index contributed by atoms with van der Waals surface area (Å²) in [6.45, 7) is -0.478. The van der Waals surface area contributed by atoms with Gasteiger partial charge in [-0.1, -0.05) is 11.6 Å². The molecule has 1 heterocycles. The zero-order valence-electron chi connectivity index (χ0n) is 12.6. The number of sulfonamides is 1. The fourth-order valence-corrected chi connectivity index (χ4v) is 6.04. The standard InChI is InChI=1S/C15H12ClF2NO4S2/c16-14-7-12(5-6-15(14)18)25(22,23)19-8-13(9-19)24(20,21)11-3-1-10(17)2-4-11/h1-7,13H,8-9H2. The lowest BCUT2D eigenvalue weighted by molar-refractivity contribution is 0.309. The minimum absolute atomic E-state index is 0.0687. The van der Waals surface area contributed by atoms with Gasteiger partial charge in [0.1, 0.15) is 11.6 Å². The lowest BCUT2D eigenvalue weighted by atomic mass is 10.3. The van der Waals surface area contributed by atoms with Gasteiger partial charge in [0.05, 0.1) is 20.1 Å². The van der Waals surface area contributed by atoms with Crippen molar-refractivity contribution in [2.24, 2.45) is 0 Å².